The summed E-state index contributed by atoms with van der Waals surface area (Å²) in [7, 11) is 3.31. The molecule has 0 spiro atoms. The molecule has 146 valence electrons. The van der Waals surface area contributed by atoms with Crippen LogP contribution in [0, 0.1) is 0 Å². The van der Waals surface area contributed by atoms with Crippen molar-refractivity contribution < 1.29 is 9.47 Å². The largest absolute Gasteiger partial charge is 0.493 e. The Morgan fingerprint density at radius 2 is 1.96 bits per heavy atom. The SMILES string of the molecule is COc1cc2c(cc1OC)C(=S)N(CCC(C)(N)CCCc1cccs1)C2. The zero-order valence-electron chi connectivity index (χ0n) is 16.3. The maximum absolute atomic E-state index is 6.57. The third kappa shape index (κ3) is 4.81. The van der Waals surface area contributed by atoms with E-state index in [4.69, 9.17) is 27.4 Å². The van der Waals surface area contributed by atoms with Gasteiger partial charge in [-0.2, -0.15) is 0 Å². The van der Waals surface area contributed by atoms with Crippen LogP contribution in [-0.4, -0.2) is 36.2 Å². The number of methoxy groups -OCH3 is 2. The number of thiocarbonyl (C=S) groups is 1. The Bertz CT molecular complexity index is 788. The number of thiophene rings is 1. The Morgan fingerprint density at radius 1 is 1.22 bits per heavy atom. The maximum atomic E-state index is 6.57. The zero-order valence-corrected chi connectivity index (χ0v) is 17.9. The molecular formula is C21H28N2O2S2. The van der Waals surface area contributed by atoms with Crippen molar-refractivity contribution in [1.29, 1.82) is 0 Å². The maximum Gasteiger partial charge on any atom is 0.161 e. The molecule has 1 unspecified atom stereocenters. The predicted octanol–water partition coefficient (Wildman–Crippen LogP) is 4.39. The summed E-state index contributed by atoms with van der Waals surface area (Å²) in [5.41, 5.74) is 8.64. The zero-order chi connectivity index (χ0) is 19.4. The lowest BCUT2D eigenvalue weighted by molar-refractivity contribution is 0.325. The van der Waals surface area contributed by atoms with E-state index in [0.717, 1.165) is 60.8 Å². The number of hydrogen-bond acceptors (Lipinski definition) is 5. The van der Waals surface area contributed by atoms with E-state index >= 15 is 0 Å². The summed E-state index contributed by atoms with van der Waals surface area (Å²) in [6.45, 7) is 3.82. The van der Waals surface area contributed by atoms with E-state index in [0.29, 0.717) is 0 Å². The molecule has 0 radical (unpaired) electrons. The van der Waals surface area contributed by atoms with E-state index in [1.807, 2.05) is 23.5 Å². The molecule has 3 rings (SSSR count). The van der Waals surface area contributed by atoms with E-state index in [9.17, 15) is 0 Å². The van der Waals surface area contributed by atoms with Gasteiger partial charge >= 0.3 is 0 Å². The summed E-state index contributed by atoms with van der Waals surface area (Å²) in [5.74, 6) is 1.47. The molecule has 4 nitrogen and oxygen atoms in total. The molecule has 0 aliphatic carbocycles. The van der Waals surface area contributed by atoms with Gasteiger partial charge in [-0.1, -0.05) is 18.3 Å². The van der Waals surface area contributed by atoms with Crippen molar-refractivity contribution in [2.75, 3.05) is 20.8 Å². The summed E-state index contributed by atoms with van der Waals surface area (Å²) in [4.78, 5) is 4.55. The number of ether oxygens (including phenoxy) is 2. The topological polar surface area (TPSA) is 47.7 Å². The number of nitrogens with zero attached hydrogens (tertiary/aromatic N) is 1. The highest BCUT2D eigenvalue weighted by Crippen LogP contribution is 2.35. The quantitative estimate of drug-likeness (QED) is 0.628. The molecule has 1 aliphatic rings. The number of aryl methyl sites for hydroxylation is 1. The van der Waals surface area contributed by atoms with Crippen LogP contribution < -0.4 is 15.2 Å². The Morgan fingerprint density at radius 3 is 2.63 bits per heavy atom. The van der Waals surface area contributed by atoms with Crippen molar-refractivity contribution in [3.63, 3.8) is 0 Å². The van der Waals surface area contributed by atoms with Gasteiger partial charge in [-0.05, 0) is 61.7 Å². The van der Waals surface area contributed by atoms with Crippen LogP contribution in [-0.2, 0) is 13.0 Å². The Labute approximate surface area is 171 Å². The summed E-state index contributed by atoms with van der Waals surface area (Å²) in [5, 5.41) is 2.13. The molecule has 0 amide bonds. The molecule has 1 aromatic heterocycles. The normalized spacial score (nSPS) is 15.6. The minimum absolute atomic E-state index is 0.184. The first-order valence-corrected chi connectivity index (χ1v) is 10.6. The van der Waals surface area contributed by atoms with Crippen molar-refractivity contribution in [3.05, 3.63) is 45.6 Å². The summed E-state index contributed by atoms with van der Waals surface area (Å²) in [6, 6.07) is 8.32. The minimum Gasteiger partial charge on any atom is -0.493 e. The number of benzene rings is 1. The van der Waals surface area contributed by atoms with Crippen molar-refractivity contribution in [3.8, 4) is 11.5 Å². The van der Waals surface area contributed by atoms with Gasteiger partial charge in [0.2, 0.25) is 0 Å². The van der Waals surface area contributed by atoms with E-state index in [-0.39, 0.29) is 5.54 Å². The van der Waals surface area contributed by atoms with Gasteiger partial charge in [0.15, 0.2) is 11.5 Å². The Kier molecular flexibility index (Phi) is 6.40. The number of nitrogens with two attached hydrogens (primary N) is 1. The van der Waals surface area contributed by atoms with E-state index in [1.165, 1.54) is 10.4 Å². The van der Waals surface area contributed by atoms with E-state index in [1.54, 1.807) is 14.2 Å². The molecule has 1 aromatic carbocycles. The lowest BCUT2D eigenvalue weighted by Gasteiger charge is -2.28. The van der Waals surface area contributed by atoms with Crippen molar-refractivity contribution in [2.24, 2.45) is 5.73 Å². The van der Waals surface area contributed by atoms with Crippen LogP contribution in [0.1, 0.15) is 42.2 Å². The van der Waals surface area contributed by atoms with Gasteiger partial charge in [0.1, 0.15) is 4.99 Å². The second-order valence-electron chi connectivity index (χ2n) is 7.43. The van der Waals surface area contributed by atoms with Gasteiger partial charge < -0.3 is 20.1 Å². The predicted molar refractivity (Wildman–Crippen MR) is 116 cm³/mol. The molecule has 0 fully saturated rings. The molecule has 27 heavy (non-hydrogen) atoms. The second kappa shape index (κ2) is 8.59. The highest BCUT2D eigenvalue weighted by atomic mass is 32.1. The summed E-state index contributed by atoms with van der Waals surface area (Å²) < 4.78 is 10.8. The average molecular weight is 405 g/mol. The third-order valence-corrected chi connectivity index (χ3v) is 6.61. The van der Waals surface area contributed by atoms with Crippen LogP contribution in [0.25, 0.3) is 0 Å². The fraction of sp³-hybridized carbons (Fsp3) is 0.476. The standard InChI is InChI=1S/C21H28N2O2S2/c1-21(22,8-4-6-16-7-5-11-27-16)9-10-23-14-15-12-18(24-2)19(25-3)13-17(15)20(23)26/h5,7,11-13H,4,6,8-10,14,22H2,1-3H3. The fourth-order valence-electron chi connectivity index (χ4n) is 3.52. The highest BCUT2D eigenvalue weighted by Gasteiger charge is 2.28. The molecule has 0 saturated heterocycles. The number of fused-ring (bicyclic) bond motifs is 1. The van der Waals surface area contributed by atoms with Gasteiger partial charge in [-0.15, -0.1) is 11.3 Å². The van der Waals surface area contributed by atoms with Crippen molar-refractivity contribution >= 4 is 28.5 Å². The van der Waals surface area contributed by atoms with Gasteiger partial charge in [0, 0.05) is 29.1 Å². The first kappa shape index (κ1) is 20.1. The highest BCUT2D eigenvalue weighted by molar-refractivity contribution is 7.80. The minimum atomic E-state index is -0.184. The first-order valence-electron chi connectivity index (χ1n) is 9.29. The van der Waals surface area contributed by atoms with Crippen molar-refractivity contribution in [1.82, 2.24) is 4.90 Å². The van der Waals surface area contributed by atoms with E-state index in [2.05, 4.69) is 29.3 Å². The second-order valence-corrected chi connectivity index (χ2v) is 8.85. The van der Waals surface area contributed by atoms with Crippen LogP contribution in [0.4, 0.5) is 0 Å². The van der Waals surface area contributed by atoms with Crippen LogP contribution in [0.15, 0.2) is 29.6 Å². The van der Waals surface area contributed by atoms with Crippen LogP contribution in [0.5, 0.6) is 11.5 Å². The van der Waals surface area contributed by atoms with Gasteiger partial charge in [-0.25, -0.2) is 0 Å². The van der Waals surface area contributed by atoms with Gasteiger partial charge in [-0.3, -0.25) is 0 Å². The number of rotatable bonds is 9. The lowest BCUT2D eigenvalue weighted by atomic mass is 9.92. The number of hydrogen-bond donors (Lipinski definition) is 1. The molecular weight excluding hydrogens is 376 g/mol. The molecule has 2 N–H and O–H groups in total. The van der Waals surface area contributed by atoms with Gasteiger partial charge in [0.25, 0.3) is 0 Å². The average Bonchev–Trinajstić information content (AvgIpc) is 3.27. The molecule has 1 atom stereocenters. The monoisotopic (exact) mass is 404 g/mol. The third-order valence-electron chi connectivity index (χ3n) is 5.19. The van der Waals surface area contributed by atoms with Crippen LogP contribution in [0.2, 0.25) is 0 Å². The fourth-order valence-corrected chi connectivity index (χ4v) is 4.61. The first-order chi connectivity index (χ1) is 12.9. The molecule has 0 saturated carbocycles. The molecule has 1 aliphatic heterocycles. The van der Waals surface area contributed by atoms with Crippen molar-refractivity contribution in [2.45, 2.75) is 44.7 Å². The van der Waals surface area contributed by atoms with Gasteiger partial charge in [0.05, 0.1) is 14.2 Å². The van der Waals surface area contributed by atoms with E-state index < -0.39 is 0 Å². The molecule has 2 heterocycles. The van der Waals surface area contributed by atoms with Crippen LogP contribution >= 0.6 is 23.6 Å². The molecule has 0 bridgehead atoms. The summed E-state index contributed by atoms with van der Waals surface area (Å²) >= 11 is 7.52. The summed E-state index contributed by atoms with van der Waals surface area (Å²) in [6.07, 6.45) is 4.16. The smallest absolute Gasteiger partial charge is 0.161 e. The molecule has 6 heteroatoms. The Hall–Kier alpha value is -1.63. The lowest BCUT2D eigenvalue weighted by Crippen LogP contribution is -2.40. The van der Waals surface area contributed by atoms with Crippen LogP contribution in [0.3, 0.4) is 0 Å². The Balaban J connectivity index is 1.55. The molecule has 2 aromatic rings.